The molecule has 0 atom stereocenters. The lowest BCUT2D eigenvalue weighted by molar-refractivity contribution is 0.134. The van der Waals surface area contributed by atoms with Gasteiger partial charge in [0.2, 0.25) is 0 Å². The molecule has 0 aromatic heterocycles. The van der Waals surface area contributed by atoms with E-state index < -0.39 is 0 Å². The number of piperidine rings is 1. The molecule has 0 spiro atoms. The highest BCUT2D eigenvalue weighted by Crippen LogP contribution is 2.08. The summed E-state index contributed by atoms with van der Waals surface area (Å²) in [4.78, 5) is 7.24. The zero-order valence-electron chi connectivity index (χ0n) is 16.3. The molecular formula is C20H35IN4O. The standard InChI is InChI=1S/C20H34N4O.HI/c1-3-21-20(22-12-15-24-13-6-5-7-14-24)23-16-18-8-10-19(11-9-18)17-25-4-2;/h8-11H,3-7,12-17H2,1-2H3,(H2,21,22,23);1H. The lowest BCUT2D eigenvalue weighted by Crippen LogP contribution is -2.42. The van der Waals surface area contributed by atoms with Gasteiger partial charge in [-0.25, -0.2) is 4.99 Å². The van der Waals surface area contributed by atoms with Crippen LogP contribution >= 0.6 is 24.0 Å². The molecule has 0 radical (unpaired) electrons. The first kappa shape index (κ1) is 23.2. The molecule has 1 aliphatic rings. The molecule has 1 fully saturated rings. The van der Waals surface area contributed by atoms with E-state index in [0.29, 0.717) is 13.2 Å². The molecule has 0 saturated carbocycles. The monoisotopic (exact) mass is 474 g/mol. The SMILES string of the molecule is CCNC(=NCc1ccc(COCC)cc1)NCCN1CCCCC1.I. The van der Waals surface area contributed by atoms with E-state index in [1.54, 1.807) is 0 Å². The van der Waals surface area contributed by atoms with Gasteiger partial charge in [0.25, 0.3) is 0 Å². The van der Waals surface area contributed by atoms with Crippen LogP contribution < -0.4 is 10.6 Å². The van der Waals surface area contributed by atoms with Crippen molar-refractivity contribution in [3.8, 4) is 0 Å². The number of aliphatic imine (C=N–C) groups is 1. The third kappa shape index (κ3) is 9.19. The van der Waals surface area contributed by atoms with E-state index >= 15 is 0 Å². The van der Waals surface area contributed by atoms with Crippen molar-refractivity contribution >= 4 is 29.9 Å². The maximum Gasteiger partial charge on any atom is 0.191 e. The maximum absolute atomic E-state index is 5.43. The molecule has 0 aliphatic carbocycles. The number of halogens is 1. The minimum Gasteiger partial charge on any atom is -0.377 e. The second-order valence-electron chi connectivity index (χ2n) is 6.48. The van der Waals surface area contributed by atoms with Crippen LogP contribution in [0.3, 0.4) is 0 Å². The molecule has 1 aliphatic heterocycles. The Kier molecular flexibility index (Phi) is 12.7. The Hall–Kier alpha value is -0.860. The van der Waals surface area contributed by atoms with Gasteiger partial charge < -0.3 is 20.3 Å². The Morgan fingerprint density at radius 2 is 1.73 bits per heavy atom. The van der Waals surface area contributed by atoms with Gasteiger partial charge in [0, 0.05) is 26.2 Å². The molecule has 6 heteroatoms. The van der Waals surface area contributed by atoms with Gasteiger partial charge in [0.1, 0.15) is 0 Å². The van der Waals surface area contributed by atoms with Crippen LogP contribution in [0.25, 0.3) is 0 Å². The van der Waals surface area contributed by atoms with Gasteiger partial charge in [-0.3, -0.25) is 0 Å². The number of likely N-dealkylation sites (tertiary alicyclic amines) is 1. The second-order valence-corrected chi connectivity index (χ2v) is 6.48. The van der Waals surface area contributed by atoms with Crippen LogP contribution in [0, 0.1) is 0 Å². The Morgan fingerprint density at radius 1 is 1.04 bits per heavy atom. The molecule has 2 rings (SSSR count). The van der Waals surface area contributed by atoms with Gasteiger partial charge in [-0.1, -0.05) is 30.7 Å². The number of hydrogen-bond donors (Lipinski definition) is 2. The Balaban J connectivity index is 0.00000338. The zero-order valence-corrected chi connectivity index (χ0v) is 18.6. The van der Waals surface area contributed by atoms with E-state index in [1.165, 1.54) is 43.5 Å². The van der Waals surface area contributed by atoms with Crippen LogP contribution in [0.1, 0.15) is 44.2 Å². The van der Waals surface area contributed by atoms with Gasteiger partial charge in [-0.2, -0.15) is 0 Å². The number of rotatable bonds is 9. The van der Waals surface area contributed by atoms with Crippen molar-refractivity contribution in [1.82, 2.24) is 15.5 Å². The molecule has 1 saturated heterocycles. The Morgan fingerprint density at radius 3 is 2.38 bits per heavy atom. The molecule has 148 valence electrons. The van der Waals surface area contributed by atoms with Crippen molar-refractivity contribution in [1.29, 1.82) is 0 Å². The summed E-state index contributed by atoms with van der Waals surface area (Å²) in [6.45, 7) is 11.6. The van der Waals surface area contributed by atoms with Crippen molar-refractivity contribution in [3.63, 3.8) is 0 Å². The largest absolute Gasteiger partial charge is 0.377 e. The van der Waals surface area contributed by atoms with Crippen molar-refractivity contribution in [2.75, 3.05) is 39.3 Å². The molecule has 1 aromatic carbocycles. The fourth-order valence-electron chi connectivity index (χ4n) is 2.99. The number of nitrogens with one attached hydrogen (secondary N) is 2. The molecule has 0 unspecified atom stereocenters. The van der Waals surface area contributed by atoms with Crippen LogP contribution in [0.15, 0.2) is 29.3 Å². The number of guanidine groups is 1. The Labute approximate surface area is 176 Å². The van der Waals surface area contributed by atoms with Gasteiger partial charge in [0.15, 0.2) is 5.96 Å². The quantitative estimate of drug-likeness (QED) is 0.328. The fraction of sp³-hybridized carbons (Fsp3) is 0.650. The van der Waals surface area contributed by atoms with E-state index in [2.05, 4.69) is 46.7 Å². The maximum atomic E-state index is 5.43. The molecule has 0 amide bonds. The molecule has 1 heterocycles. The fourth-order valence-corrected chi connectivity index (χ4v) is 2.99. The predicted molar refractivity (Wildman–Crippen MR) is 120 cm³/mol. The van der Waals surface area contributed by atoms with E-state index in [0.717, 1.165) is 32.2 Å². The molecule has 2 N–H and O–H groups in total. The van der Waals surface area contributed by atoms with Gasteiger partial charge >= 0.3 is 0 Å². The molecule has 1 aromatic rings. The molecule has 26 heavy (non-hydrogen) atoms. The molecular weight excluding hydrogens is 439 g/mol. The highest BCUT2D eigenvalue weighted by molar-refractivity contribution is 14.0. The molecule has 5 nitrogen and oxygen atoms in total. The first-order chi connectivity index (χ1) is 12.3. The van der Waals surface area contributed by atoms with E-state index in [9.17, 15) is 0 Å². The average molecular weight is 474 g/mol. The number of benzene rings is 1. The summed E-state index contributed by atoms with van der Waals surface area (Å²) in [5, 5.41) is 6.78. The summed E-state index contributed by atoms with van der Waals surface area (Å²) in [5.74, 6) is 0.901. The summed E-state index contributed by atoms with van der Waals surface area (Å²) in [6.07, 6.45) is 4.07. The van der Waals surface area contributed by atoms with Gasteiger partial charge in [-0.05, 0) is 50.9 Å². The highest BCUT2D eigenvalue weighted by atomic mass is 127. The van der Waals surface area contributed by atoms with E-state index in [-0.39, 0.29) is 24.0 Å². The van der Waals surface area contributed by atoms with Crippen LogP contribution in [0.5, 0.6) is 0 Å². The smallest absolute Gasteiger partial charge is 0.191 e. The zero-order chi connectivity index (χ0) is 17.7. The van der Waals surface area contributed by atoms with Crippen LogP contribution in [-0.2, 0) is 17.9 Å². The molecule has 0 bridgehead atoms. The van der Waals surface area contributed by atoms with Crippen molar-refractivity contribution in [3.05, 3.63) is 35.4 Å². The topological polar surface area (TPSA) is 48.9 Å². The third-order valence-corrected chi connectivity index (χ3v) is 4.43. The van der Waals surface area contributed by atoms with E-state index in [4.69, 9.17) is 9.73 Å². The van der Waals surface area contributed by atoms with E-state index in [1.807, 2.05) is 6.92 Å². The number of hydrogen-bond acceptors (Lipinski definition) is 3. The summed E-state index contributed by atoms with van der Waals surface area (Å²) in [6, 6.07) is 8.51. The lowest BCUT2D eigenvalue weighted by Gasteiger charge is -2.26. The van der Waals surface area contributed by atoms with Gasteiger partial charge in [0.05, 0.1) is 13.2 Å². The predicted octanol–water partition coefficient (Wildman–Crippen LogP) is 3.38. The third-order valence-electron chi connectivity index (χ3n) is 4.43. The lowest BCUT2D eigenvalue weighted by atomic mass is 10.1. The van der Waals surface area contributed by atoms with Crippen LogP contribution in [0.4, 0.5) is 0 Å². The minimum atomic E-state index is 0. The average Bonchev–Trinajstić information content (AvgIpc) is 2.66. The summed E-state index contributed by atoms with van der Waals surface area (Å²) in [7, 11) is 0. The van der Waals surface area contributed by atoms with Crippen molar-refractivity contribution in [2.24, 2.45) is 4.99 Å². The van der Waals surface area contributed by atoms with Crippen molar-refractivity contribution < 1.29 is 4.74 Å². The number of ether oxygens (including phenoxy) is 1. The summed E-state index contributed by atoms with van der Waals surface area (Å²) < 4.78 is 5.43. The minimum absolute atomic E-state index is 0. The summed E-state index contributed by atoms with van der Waals surface area (Å²) in [5.41, 5.74) is 2.43. The second kappa shape index (κ2) is 14.2. The first-order valence-electron chi connectivity index (χ1n) is 9.72. The van der Waals surface area contributed by atoms with Crippen LogP contribution in [-0.4, -0.2) is 50.2 Å². The first-order valence-corrected chi connectivity index (χ1v) is 9.72. The summed E-state index contributed by atoms with van der Waals surface area (Å²) >= 11 is 0. The number of nitrogens with zero attached hydrogens (tertiary/aromatic N) is 2. The normalized spacial score (nSPS) is 15.4. The van der Waals surface area contributed by atoms with Gasteiger partial charge in [-0.15, -0.1) is 24.0 Å². The Bertz CT molecular complexity index is 501. The highest BCUT2D eigenvalue weighted by Gasteiger charge is 2.09. The van der Waals surface area contributed by atoms with Crippen LogP contribution in [0.2, 0.25) is 0 Å². The van der Waals surface area contributed by atoms with Crippen molar-refractivity contribution in [2.45, 2.75) is 46.3 Å².